The molecule has 0 saturated carbocycles. The van der Waals surface area contributed by atoms with Gasteiger partial charge in [-0.05, 0) is 31.9 Å². The van der Waals surface area contributed by atoms with Gasteiger partial charge in [0.2, 0.25) is 0 Å². The van der Waals surface area contributed by atoms with Crippen LogP contribution in [0.3, 0.4) is 0 Å². The summed E-state index contributed by atoms with van der Waals surface area (Å²) in [7, 11) is 0. The van der Waals surface area contributed by atoms with Crippen molar-refractivity contribution < 1.29 is 0 Å². The van der Waals surface area contributed by atoms with Crippen molar-refractivity contribution in [3.8, 4) is 0 Å². The molecule has 3 nitrogen and oxygen atoms in total. The molecule has 0 unspecified atom stereocenters. The summed E-state index contributed by atoms with van der Waals surface area (Å²) in [6, 6.07) is 8.52. The number of benzene rings is 1. The lowest BCUT2D eigenvalue weighted by atomic mass is 9.99. The zero-order chi connectivity index (χ0) is 13.1. The van der Waals surface area contributed by atoms with Crippen molar-refractivity contribution in [1.82, 2.24) is 9.78 Å². The molecule has 1 aromatic carbocycles. The van der Waals surface area contributed by atoms with Crippen LogP contribution in [0.4, 0.5) is 0 Å². The van der Waals surface area contributed by atoms with E-state index in [4.69, 9.17) is 5.73 Å². The minimum atomic E-state index is 0.631. The van der Waals surface area contributed by atoms with Gasteiger partial charge < -0.3 is 5.73 Å². The van der Waals surface area contributed by atoms with E-state index < -0.39 is 0 Å². The van der Waals surface area contributed by atoms with Gasteiger partial charge in [-0.25, -0.2) is 0 Å². The average molecular weight is 243 g/mol. The molecule has 96 valence electrons. The number of hydrogen-bond donors (Lipinski definition) is 1. The third-order valence-electron chi connectivity index (χ3n) is 3.50. The number of rotatable bonds is 4. The van der Waals surface area contributed by atoms with Crippen molar-refractivity contribution >= 4 is 0 Å². The van der Waals surface area contributed by atoms with Crippen molar-refractivity contribution in [1.29, 1.82) is 0 Å². The number of nitrogens with zero attached hydrogens (tertiary/aromatic N) is 2. The first kappa shape index (κ1) is 12.8. The van der Waals surface area contributed by atoms with Crippen LogP contribution in [-0.4, -0.2) is 16.3 Å². The third-order valence-corrected chi connectivity index (χ3v) is 3.50. The normalized spacial score (nSPS) is 10.9. The van der Waals surface area contributed by atoms with Crippen molar-refractivity contribution in [2.24, 2.45) is 5.73 Å². The Morgan fingerprint density at radius 1 is 1.17 bits per heavy atom. The summed E-state index contributed by atoms with van der Waals surface area (Å²) in [4.78, 5) is 0. The second-order valence-corrected chi connectivity index (χ2v) is 4.76. The molecule has 0 aliphatic carbocycles. The smallest absolute Gasteiger partial charge is 0.0631 e. The molecular weight excluding hydrogens is 222 g/mol. The van der Waals surface area contributed by atoms with Crippen LogP contribution in [0.15, 0.2) is 24.3 Å². The van der Waals surface area contributed by atoms with E-state index in [-0.39, 0.29) is 0 Å². The molecule has 1 aromatic heterocycles. The van der Waals surface area contributed by atoms with Crippen LogP contribution in [0, 0.1) is 20.8 Å². The Morgan fingerprint density at radius 3 is 2.56 bits per heavy atom. The molecule has 2 N–H and O–H groups in total. The van der Waals surface area contributed by atoms with Crippen LogP contribution in [0.2, 0.25) is 0 Å². The molecular formula is C15H21N3. The van der Waals surface area contributed by atoms with E-state index in [2.05, 4.69) is 50.1 Å². The molecule has 0 aliphatic heterocycles. The Balaban J connectivity index is 2.32. The summed E-state index contributed by atoms with van der Waals surface area (Å²) < 4.78 is 2.02. The third kappa shape index (κ3) is 2.46. The van der Waals surface area contributed by atoms with Gasteiger partial charge in [-0.2, -0.15) is 5.10 Å². The number of nitrogens with two attached hydrogens (primary N) is 1. The summed E-state index contributed by atoms with van der Waals surface area (Å²) in [5, 5.41) is 4.56. The number of aromatic nitrogens is 2. The molecule has 0 bridgehead atoms. The highest BCUT2D eigenvalue weighted by atomic mass is 15.3. The fourth-order valence-electron chi connectivity index (χ4n) is 2.33. The second kappa shape index (κ2) is 5.36. The number of aryl methyl sites for hydroxylation is 2. The highest BCUT2D eigenvalue weighted by Gasteiger charge is 2.12. The summed E-state index contributed by atoms with van der Waals surface area (Å²) in [5.41, 5.74) is 12.0. The zero-order valence-electron chi connectivity index (χ0n) is 11.4. The second-order valence-electron chi connectivity index (χ2n) is 4.76. The van der Waals surface area contributed by atoms with E-state index >= 15 is 0 Å². The van der Waals surface area contributed by atoms with Crippen LogP contribution in [0.5, 0.6) is 0 Å². The van der Waals surface area contributed by atoms with Crippen molar-refractivity contribution in [3.63, 3.8) is 0 Å². The summed E-state index contributed by atoms with van der Waals surface area (Å²) in [5.74, 6) is 0. The Morgan fingerprint density at radius 2 is 1.89 bits per heavy atom. The fraction of sp³-hybridized carbons (Fsp3) is 0.400. The van der Waals surface area contributed by atoms with Gasteiger partial charge in [0.15, 0.2) is 0 Å². The first-order valence-electron chi connectivity index (χ1n) is 6.41. The van der Waals surface area contributed by atoms with Crippen molar-refractivity contribution in [3.05, 3.63) is 52.3 Å². The predicted molar refractivity (Wildman–Crippen MR) is 74.7 cm³/mol. The minimum Gasteiger partial charge on any atom is -0.329 e. The van der Waals surface area contributed by atoms with Crippen molar-refractivity contribution in [2.45, 2.75) is 33.7 Å². The lowest BCUT2D eigenvalue weighted by Crippen LogP contribution is -2.12. The number of hydrogen-bond acceptors (Lipinski definition) is 2. The Labute approximate surface area is 109 Å². The van der Waals surface area contributed by atoms with E-state index in [0.717, 1.165) is 18.7 Å². The van der Waals surface area contributed by atoms with Gasteiger partial charge in [-0.1, -0.05) is 24.3 Å². The minimum absolute atomic E-state index is 0.631. The Kier molecular flexibility index (Phi) is 3.82. The van der Waals surface area contributed by atoms with Gasteiger partial charge in [-0.3, -0.25) is 4.68 Å². The maximum absolute atomic E-state index is 5.60. The molecule has 0 aliphatic rings. The van der Waals surface area contributed by atoms with Crippen LogP contribution in [0.1, 0.15) is 28.1 Å². The molecule has 1 heterocycles. The zero-order valence-corrected chi connectivity index (χ0v) is 11.4. The summed E-state index contributed by atoms with van der Waals surface area (Å²) in [6.07, 6.45) is 0.953. The SMILES string of the molecule is Cc1ccccc1Cc1c(C)nn(CCN)c1C. The average Bonchev–Trinajstić information content (AvgIpc) is 2.60. The largest absolute Gasteiger partial charge is 0.329 e. The monoisotopic (exact) mass is 243 g/mol. The lowest BCUT2D eigenvalue weighted by molar-refractivity contribution is 0.603. The van der Waals surface area contributed by atoms with Crippen LogP contribution >= 0.6 is 0 Å². The predicted octanol–water partition coefficient (Wildman–Crippen LogP) is 2.36. The Hall–Kier alpha value is -1.61. The molecule has 0 amide bonds. The highest BCUT2D eigenvalue weighted by Crippen LogP contribution is 2.19. The molecule has 0 radical (unpaired) electrons. The maximum Gasteiger partial charge on any atom is 0.0631 e. The van der Waals surface area contributed by atoms with Gasteiger partial charge in [0, 0.05) is 24.2 Å². The molecule has 2 rings (SSSR count). The summed E-state index contributed by atoms with van der Waals surface area (Å²) >= 11 is 0. The Bertz CT molecular complexity index is 541. The molecule has 3 heteroatoms. The van der Waals surface area contributed by atoms with Gasteiger partial charge >= 0.3 is 0 Å². The molecule has 18 heavy (non-hydrogen) atoms. The molecule has 0 fully saturated rings. The summed E-state index contributed by atoms with van der Waals surface area (Å²) in [6.45, 7) is 7.79. The fourth-order valence-corrected chi connectivity index (χ4v) is 2.33. The quantitative estimate of drug-likeness (QED) is 0.896. The van der Waals surface area contributed by atoms with E-state index in [0.29, 0.717) is 6.54 Å². The first-order chi connectivity index (χ1) is 8.63. The van der Waals surface area contributed by atoms with Gasteiger partial charge in [0.1, 0.15) is 0 Å². The van der Waals surface area contributed by atoms with Crippen molar-refractivity contribution in [2.75, 3.05) is 6.54 Å². The van der Waals surface area contributed by atoms with Crippen LogP contribution in [-0.2, 0) is 13.0 Å². The van der Waals surface area contributed by atoms with E-state index in [1.54, 1.807) is 0 Å². The molecule has 0 atom stereocenters. The van der Waals surface area contributed by atoms with Crippen LogP contribution in [0.25, 0.3) is 0 Å². The highest BCUT2D eigenvalue weighted by molar-refractivity contribution is 5.35. The van der Waals surface area contributed by atoms with Gasteiger partial charge in [-0.15, -0.1) is 0 Å². The first-order valence-corrected chi connectivity index (χ1v) is 6.41. The van der Waals surface area contributed by atoms with E-state index in [9.17, 15) is 0 Å². The standard InChI is InChI=1S/C15H21N3/c1-11-6-4-5-7-14(11)10-15-12(2)17-18(9-8-16)13(15)3/h4-7H,8-10,16H2,1-3H3. The van der Waals surface area contributed by atoms with Gasteiger partial charge in [0.05, 0.1) is 12.2 Å². The lowest BCUT2D eigenvalue weighted by Gasteiger charge is -2.07. The molecule has 0 saturated heterocycles. The van der Waals surface area contributed by atoms with E-state index in [1.165, 1.54) is 22.4 Å². The van der Waals surface area contributed by atoms with Gasteiger partial charge in [0.25, 0.3) is 0 Å². The van der Waals surface area contributed by atoms with E-state index in [1.807, 2.05) is 4.68 Å². The molecule has 0 spiro atoms. The maximum atomic E-state index is 5.60. The van der Waals surface area contributed by atoms with Crippen LogP contribution < -0.4 is 5.73 Å². The molecule has 2 aromatic rings. The topological polar surface area (TPSA) is 43.8 Å².